The van der Waals surface area contributed by atoms with Crippen LogP contribution in [0.25, 0.3) is 0 Å². The molecule has 0 aliphatic carbocycles. The van der Waals surface area contributed by atoms with Crippen LogP contribution in [0.4, 0.5) is 18.9 Å². The number of rotatable bonds is 7. The van der Waals surface area contributed by atoms with Gasteiger partial charge in [-0.15, -0.1) is 0 Å². The van der Waals surface area contributed by atoms with Gasteiger partial charge in [0.15, 0.2) is 11.5 Å². The summed E-state index contributed by atoms with van der Waals surface area (Å²) in [4.78, 5) is 3.92. The lowest BCUT2D eigenvalue weighted by Crippen LogP contribution is -2.24. The molecule has 1 aromatic carbocycles. The standard InChI is InChI=1S/C14H17F3N6O3S/c1-27(18,25)19-7-3-6-11-12(23-26-22-11)13(21-24)20-10-5-2-4-9(8-10)14(15,16)17/h2,4-5,8,24H,3,6-7H2,1H3,(H,20,21)(H2,18,19,25). The quantitative estimate of drug-likeness (QED) is 0.241. The molecule has 0 amide bonds. The van der Waals surface area contributed by atoms with Gasteiger partial charge in [-0.2, -0.15) is 13.2 Å². The number of aromatic nitrogens is 2. The first-order valence-electron chi connectivity index (χ1n) is 7.56. The van der Waals surface area contributed by atoms with E-state index in [1.165, 1.54) is 18.4 Å². The van der Waals surface area contributed by atoms with E-state index in [0.29, 0.717) is 6.42 Å². The number of alkyl halides is 3. The molecule has 0 aliphatic rings. The summed E-state index contributed by atoms with van der Waals surface area (Å²) in [5.74, 6) is -0.238. The Bertz CT molecular complexity index is 911. The fourth-order valence-electron chi connectivity index (χ4n) is 2.08. The molecule has 0 saturated heterocycles. The SMILES string of the molecule is CS(=N)(=O)NCCCc1nonc1C(=Nc1cccc(C(F)(F)F)c1)NO. The molecule has 1 atom stereocenters. The number of hydrogen-bond acceptors (Lipinski definition) is 7. The maximum atomic E-state index is 12.8. The van der Waals surface area contributed by atoms with E-state index < -0.39 is 21.7 Å². The van der Waals surface area contributed by atoms with Crippen molar-refractivity contribution in [1.82, 2.24) is 20.5 Å². The number of nitrogens with one attached hydrogen (secondary N) is 3. The van der Waals surface area contributed by atoms with Crippen molar-refractivity contribution in [3.8, 4) is 0 Å². The Morgan fingerprint density at radius 2 is 2.15 bits per heavy atom. The fraction of sp³-hybridized carbons (Fsp3) is 0.357. The predicted molar refractivity (Wildman–Crippen MR) is 90.0 cm³/mol. The number of benzene rings is 1. The summed E-state index contributed by atoms with van der Waals surface area (Å²) in [6.45, 7) is 0.262. The molecule has 0 bridgehead atoms. The van der Waals surface area contributed by atoms with Gasteiger partial charge in [0.25, 0.3) is 0 Å². The number of aliphatic imine (C=N–C) groups is 1. The zero-order valence-electron chi connectivity index (χ0n) is 14.1. The van der Waals surface area contributed by atoms with Gasteiger partial charge in [-0.25, -0.2) is 23.3 Å². The molecule has 0 saturated carbocycles. The first-order valence-corrected chi connectivity index (χ1v) is 9.53. The molecule has 0 spiro atoms. The van der Waals surface area contributed by atoms with Gasteiger partial charge in [-0.1, -0.05) is 11.2 Å². The van der Waals surface area contributed by atoms with E-state index in [0.717, 1.165) is 12.1 Å². The molecule has 9 nitrogen and oxygen atoms in total. The Labute approximate surface area is 152 Å². The first-order chi connectivity index (χ1) is 12.6. The van der Waals surface area contributed by atoms with Crippen LogP contribution < -0.4 is 10.2 Å². The molecule has 2 aromatic rings. The number of aryl methyl sites for hydroxylation is 1. The minimum atomic E-state index is -4.53. The smallest absolute Gasteiger partial charge is 0.290 e. The van der Waals surface area contributed by atoms with Crippen LogP contribution in [0, 0.1) is 4.78 Å². The summed E-state index contributed by atoms with van der Waals surface area (Å²) in [6, 6.07) is 4.24. The number of hydrogen-bond donors (Lipinski definition) is 4. The van der Waals surface area contributed by atoms with E-state index in [2.05, 4.69) is 24.7 Å². The molecule has 13 heteroatoms. The van der Waals surface area contributed by atoms with Crippen molar-refractivity contribution in [2.24, 2.45) is 4.99 Å². The first kappa shape index (κ1) is 20.8. The second-order valence-electron chi connectivity index (χ2n) is 5.52. The van der Waals surface area contributed by atoms with E-state index in [1.807, 2.05) is 0 Å². The van der Waals surface area contributed by atoms with Crippen molar-refractivity contribution < 1.29 is 27.2 Å². The van der Waals surface area contributed by atoms with Gasteiger partial charge in [0, 0.05) is 12.8 Å². The molecule has 1 unspecified atom stereocenters. The second kappa shape index (κ2) is 8.45. The number of amidine groups is 1. The minimum Gasteiger partial charge on any atom is -0.290 e. The maximum Gasteiger partial charge on any atom is 0.416 e. The van der Waals surface area contributed by atoms with E-state index in [9.17, 15) is 22.6 Å². The Hall–Kier alpha value is -2.51. The van der Waals surface area contributed by atoms with Crippen molar-refractivity contribution in [3.05, 3.63) is 41.2 Å². The van der Waals surface area contributed by atoms with E-state index in [-0.39, 0.29) is 35.9 Å². The lowest BCUT2D eigenvalue weighted by molar-refractivity contribution is -0.137. The molecular formula is C14H17F3N6O3S. The zero-order chi connectivity index (χ0) is 20.1. The summed E-state index contributed by atoms with van der Waals surface area (Å²) >= 11 is 0. The molecule has 1 heterocycles. The van der Waals surface area contributed by atoms with Gasteiger partial charge in [-0.3, -0.25) is 10.7 Å². The van der Waals surface area contributed by atoms with Crippen LogP contribution in [-0.2, 0) is 22.5 Å². The largest absolute Gasteiger partial charge is 0.416 e. The Kier molecular flexibility index (Phi) is 6.51. The third kappa shape index (κ3) is 6.30. The summed E-state index contributed by atoms with van der Waals surface area (Å²) in [6.07, 6.45) is -2.58. The highest BCUT2D eigenvalue weighted by molar-refractivity contribution is 7.89. The fourth-order valence-corrected chi connectivity index (χ4v) is 2.62. The molecule has 0 radical (unpaired) electrons. The van der Waals surface area contributed by atoms with Crippen molar-refractivity contribution in [1.29, 1.82) is 4.78 Å². The third-order valence-electron chi connectivity index (χ3n) is 3.27. The summed E-state index contributed by atoms with van der Waals surface area (Å²) in [5.41, 5.74) is 1.15. The van der Waals surface area contributed by atoms with Crippen molar-refractivity contribution in [2.45, 2.75) is 19.0 Å². The van der Waals surface area contributed by atoms with E-state index >= 15 is 0 Å². The van der Waals surface area contributed by atoms with Crippen LogP contribution in [0.1, 0.15) is 23.4 Å². The average Bonchev–Trinajstić information content (AvgIpc) is 3.03. The van der Waals surface area contributed by atoms with Gasteiger partial charge in [0.1, 0.15) is 15.6 Å². The Balaban J connectivity index is 2.19. The lowest BCUT2D eigenvalue weighted by Gasteiger charge is -2.08. The molecule has 2 rings (SSSR count). The van der Waals surface area contributed by atoms with Gasteiger partial charge in [-0.05, 0) is 36.2 Å². The molecule has 27 heavy (non-hydrogen) atoms. The monoisotopic (exact) mass is 406 g/mol. The second-order valence-corrected chi connectivity index (χ2v) is 7.50. The molecule has 0 aliphatic heterocycles. The van der Waals surface area contributed by atoms with Crippen LogP contribution in [0.15, 0.2) is 33.9 Å². The van der Waals surface area contributed by atoms with E-state index in [4.69, 9.17) is 4.78 Å². The van der Waals surface area contributed by atoms with Crippen LogP contribution in [0.5, 0.6) is 0 Å². The molecule has 4 N–H and O–H groups in total. The number of hydroxylamine groups is 1. The summed E-state index contributed by atoms with van der Waals surface area (Å²) < 4.78 is 64.0. The summed E-state index contributed by atoms with van der Waals surface area (Å²) in [7, 11) is -2.83. The Morgan fingerprint density at radius 1 is 1.41 bits per heavy atom. The van der Waals surface area contributed by atoms with Crippen LogP contribution in [-0.4, -0.2) is 38.4 Å². The molecular weight excluding hydrogens is 389 g/mol. The van der Waals surface area contributed by atoms with Crippen LogP contribution >= 0.6 is 0 Å². The summed E-state index contributed by atoms with van der Waals surface area (Å²) in [5, 5.41) is 16.6. The van der Waals surface area contributed by atoms with Crippen LogP contribution in [0.2, 0.25) is 0 Å². The number of nitrogens with zero attached hydrogens (tertiary/aromatic N) is 3. The van der Waals surface area contributed by atoms with Gasteiger partial charge in [0.05, 0.1) is 11.3 Å². The molecule has 1 aromatic heterocycles. The van der Waals surface area contributed by atoms with Gasteiger partial charge >= 0.3 is 6.18 Å². The highest BCUT2D eigenvalue weighted by atomic mass is 32.2. The molecule has 148 valence electrons. The average molecular weight is 406 g/mol. The van der Waals surface area contributed by atoms with Gasteiger partial charge in [0.2, 0.25) is 0 Å². The highest BCUT2D eigenvalue weighted by Crippen LogP contribution is 2.31. The molecule has 0 fully saturated rings. The lowest BCUT2D eigenvalue weighted by atomic mass is 10.2. The zero-order valence-corrected chi connectivity index (χ0v) is 14.9. The minimum absolute atomic E-state index is 0.0259. The number of halogens is 3. The Morgan fingerprint density at radius 3 is 2.78 bits per heavy atom. The predicted octanol–water partition coefficient (Wildman–Crippen LogP) is 2.26. The van der Waals surface area contributed by atoms with Crippen molar-refractivity contribution in [3.63, 3.8) is 0 Å². The van der Waals surface area contributed by atoms with Crippen molar-refractivity contribution >= 4 is 21.4 Å². The van der Waals surface area contributed by atoms with E-state index in [1.54, 1.807) is 5.48 Å². The normalized spacial score (nSPS) is 14.8. The topological polar surface area (TPSA) is 136 Å². The van der Waals surface area contributed by atoms with Crippen LogP contribution in [0.3, 0.4) is 0 Å². The van der Waals surface area contributed by atoms with Crippen molar-refractivity contribution in [2.75, 3.05) is 12.8 Å². The maximum absolute atomic E-state index is 12.8. The van der Waals surface area contributed by atoms with Gasteiger partial charge < -0.3 is 0 Å². The highest BCUT2D eigenvalue weighted by Gasteiger charge is 2.30. The third-order valence-corrected chi connectivity index (χ3v) is 4.02.